The fourth-order valence-electron chi connectivity index (χ4n) is 1.38. The highest BCUT2D eigenvalue weighted by Gasteiger charge is 2.19. The fourth-order valence-corrected chi connectivity index (χ4v) is 1.38. The van der Waals surface area contributed by atoms with Crippen LogP contribution in [0.5, 0.6) is 11.5 Å². The summed E-state index contributed by atoms with van der Waals surface area (Å²) in [6.45, 7) is 1.81. The molecular formula is C11H14O4. The highest BCUT2D eigenvalue weighted by Crippen LogP contribution is 2.33. The number of methoxy groups -OCH3 is 3. The first-order valence-electron chi connectivity index (χ1n) is 4.45. The lowest BCUT2D eigenvalue weighted by molar-refractivity contribution is 0.0595. The molecule has 0 atom stereocenters. The summed E-state index contributed by atoms with van der Waals surface area (Å²) < 4.78 is 14.9. The van der Waals surface area contributed by atoms with Gasteiger partial charge in [0.1, 0.15) is 5.56 Å². The van der Waals surface area contributed by atoms with Crippen molar-refractivity contribution in [1.29, 1.82) is 0 Å². The Hall–Kier alpha value is -1.71. The Morgan fingerprint density at radius 1 is 1.13 bits per heavy atom. The quantitative estimate of drug-likeness (QED) is 0.713. The van der Waals surface area contributed by atoms with Gasteiger partial charge in [0.05, 0.1) is 21.3 Å². The van der Waals surface area contributed by atoms with Gasteiger partial charge in [0, 0.05) is 0 Å². The number of carbonyl (C=O) groups is 1. The lowest BCUT2D eigenvalue weighted by Gasteiger charge is -2.13. The largest absolute Gasteiger partial charge is 0.493 e. The van der Waals surface area contributed by atoms with Gasteiger partial charge in [0.25, 0.3) is 0 Å². The molecule has 0 aliphatic rings. The Labute approximate surface area is 88.8 Å². The molecule has 4 heteroatoms. The number of esters is 1. The van der Waals surface area contributed by atoms with E-state index in [9.17, 15) is 4.79 Å². The van der Waals surface area contributed by atoms with Crippen molar-refractivity contribution in [2.75, 3.05) is 21.3 Å². The van der Waals surface area contributed by atoms with Crippen molar-refractivity contribution in [1.82, 2.24) is 0 Å². The molecule has 0 amide bonds. The second kappa shape index (κ2) is 4.68. The molecule has 0 spiro atoms. The first-order valence-corrected chi connectivity index (χ1v) is 4.45. The summed E-state index contributed by atoms with van der Waals surface area (Å²) in [7, 11) is 4.35. The van der Waals surface area contributed by atoms with E-state index >= 15 is 0 Å². The van der Waals surface area contributed by atoms with Gasteiger partial charge in [-0.25, -0.2) is 4.79 Å². The van der Waals surface area contributed by atoms with Crippen molar-refractivity contribution in [3.63, 3.8) is 0 Å². The standard InChI is InChI=1S/C11H14O4/c1-7-5-6-8(13-2)10(14-3)9(7)11(12)15-4/h5-6H,1-4H3. The summed E-state index contributed by atoms with van der Waals surface area (Å²) >= 11 is 0. The van der Waals surface area contributed by atoms with Gasteiger partial charge >= 0.3 is 5.97 Å². The van der Waals surface area contributed by atoms with E-state index in [2.05, 4.69) is 4.74 Å². The molecule has 4 nitrogen and oxygen atoms in total. The lowest BCUT2D eigenvalue weighted by atomic mass is 10.1. The molecule has 0 unspecified atom stereocenters. The van der Waals surface area contributed by atoms with Crippen molar-refractivity contribution in [3.05, 3.63) is 23.3 Å². The maximum Gasteiger partial charge on any atom is 0.342 e. The molecule has 0 fully saturated rings. The third kappa shape index (κ3) is 2.03. The Balaban J connectivity index is 3.38. The van der Waals surface area contributed by atoms with Crippen LogP contribution >= 0.6 is 0 Å². The molecule has 0 saturated carbocycles. The van der Waals surface area contributed by atoms with Crippen LogP contribution in [-0.2, 0) is 4.74 Å². The van der Waals surface area contributed by atoms with Crippen LogP contribution in [0, 0.1) is 6.92 Å². The molecule has 82 valence electrons. The van der Waals surface area contributed by atoms with Crippen molar-refractivity contribution in [2.24, 2.45) is 0 Å². The average molecular weight is 210 g/mol. The van der Waals surface area contributed by atoms with Crippen LogP contribution in [0.2, 0.25) is 0 Å². The first-order chi connectivity index (χ1) is 7.15. The molecule has 0 saturated heterocycles. The van der Waals surface area contributed by atoms with Gasteiger partial charge in [0.15, 0.2) is 11.5 Å². The van der Waals surface area contributed by atoms with Crippen molar-refractivity contribution < 1.29 is 19.0 Å². The van der Waals surface area contributed by atoms with E-state index in [0.29, 0.717) is 17.1 Å². The SMILES string of the molecule is COC(=O)c1c(C)ccc(OC)c1OC. The van der Waals surface area contributed by atoms with Crippen molar-refractivity contribution >= 4 is 5.97 Å². The molecule has 0 aliphatic carbocycles. The van der Waals surface area contributed by atoms with Crippen LogP contribution in [0.3, 0.4) is 0 Å². The molecule has 0 aromatic heterocycles. The van der Waals surface area contributed by atoms with Gasteiger partial charge in [-0.1, -0.05) is 6.07 Å². The molecule has 0 heterocycles. The number of rotatable bonds is 3. The minimum Gasteiger partial charge on any atom is -0.493 e. The third-order valence-electron chi connectivity index (χ3n) is 2.14. The van der Waals surface area contributed by atoms with Crippen LogP contribution in [-0.4, -0.2) is 27.3 Å². The molecule has 0 aliphatic heterocycles. The minimum atomic E-state index is -0.428. The zero-order valence-corrected chi connectivity index (χ0v) is 9.29. The zero-order valence-electron chi connectivity index (χ0n) is 9.29. The van der Waals surface area contributed by atoms with Crippen LogP contribution in [0.25, 0.3) is 0 Å². The van der Waals surface area contributed by atoms with E-state index in [-0.39, 0.29) is 0 Å². The Morgan fingerprint density at radius 3 is 2.27 bits per heavy atom. The summed E-state index contributed by atoms with van der Waals surface area (Å²) in [5.74, 6) is 0.496. The Morgan fingerprint density at radius 2 is 1.80 bits per heavy atom. The van der Waals surface area contributed by atoms with E-state index in [1.807, 2.05) is 6.92 Å². The van der Waals surface area contributed by atoms with E-state index in [1.54, 1.807) is 12.1 Å². The predicted molar refractivity (Wildman–Crippen MR) is 55.6 cm³/mol. The van der Waals surface area contributed by atoms with E-state index in [0.717, 1.165) is 5.56 Å². The molecule has 15 heavy (non-hydrogen) atoms. The Kier molecular flexibility index (Phi) is 3.55. The number of hydrogen-bond donors (Lipinski definition) is 0. The van der Waals surface area contributed by atoms with E-state index in [4.69, 9.17) is 9.47 Å². The lowest BCUT2D eigenvalue weighted by Crippen LogP contribution is -2.07. The second-order valence-corrected chi connectivity index (χ2v) is 2.98. The number of benzene rings is 1. The summed E-state index contributed by atoms with van der Waals surface area (Å²) in [4.78, 5) is 11.5. The predicted octanol–water partition coefficient (Wildman–Crippen LogP) is 1.80. The van der Waals surface area contributed by atoms with Crippen LogP contribution in [0.15, 0.2) is 12.1 Å². The van der Waals surface area contributed by atoms with E-state index < -0.39 is 5.97 Å². The summed E-state index contributed by atoms with van der Waals surface area (Å²) in [6.07, 6.45) is 0. The minimum absolute atomic E-state index is 0.402. The summed E-state index contributed by atoms with van der Waals surface area (Å²) in [6, 6.07) is 3.54. The van der Waals surface area contributed by atoms with Gasteiger partial charge in [0.2, 0.25) is 0 Å². The third-order valence-corrected chi connectivity index (χ3v) is 2.14. The number of ether oxygens (including phenoxy) is 3. The van der Waals surface area contributed by atoms with E-state index in [1.165, 1.54) is 21.3 Å². The topological polar surface area (TPSA) is 44.8 Å². The van der Waals surface area contributed by atoms with Crippen LogP contribution < -0.4 is 9.47 Å². The van der Waals surface area contributed by atoms with Crippen LogP contribution in [0.4, 0.5) is 0 Å². The number of hydrogen-bond acceptors (Lipinski definition) is 4. The summed E-state index contributed by atoms with van der Waals surface area (Å²) in [5.41, 5.74) is 1.19. The normalized spacial score (nSPS) is 9.60. The van der Waals surface area contributed by atoms with Gasteiger partial charge < -0.3 is 14.2 Å². The summed E-state index contributed by atoms with van der Waals surface area (Å²) in [5, 5.41) is 0. The van der Waals surface area contributed by atoms with Crippen LogP contribution in [0.1, 0.15) is 15.9 Å². The van der Waals surface area contributed by atoms with Crippen molar-refractivity contribution in [3.8, 4) is 11.5 Å². The van der Waals surface area contributed by atoms with Gasteiger partial charge in [-0.2, -0.15) is 0 Å². The van der Waals surface area contributed by atoms with Gasteiger partial charge in [-0.15, -0.1) is 0 Å². The maximum absolute atomic E-state index is 11.5. The zero-order chi connectivity index (χ0) is 11.4. The average Bonchev–Trinajstić information content (AvgIpc) is 2.27. The molecule has 1 aromatic rings. The monoisotopic (exact) mass is 210 g/mol. The number of aryl methyl sites for hydroxylation is 1. The van der Waals surface area contributed by atoms with Gasteiger partial charge in [-0.05, 0) is 18.6 Å². The fraction of sp³-hybridized carbons (Fsp3) is 0.364. The first kappa shape index (κ1) is 11.4. The number of carbonyl (C=O) groups excluding carboxylic acids is 1. The molecule has 0 bridgehead atoms. The van der Waals surface area contributed by atoms with Gasteiger partial charge in [-0.3, -0.25) is 0 Å². The molecule has 0 N–H and O–H groups in total. The smallest absolute Gasteiger partial charge is 0.342 e. The highest BCUT2D eigenvalue weighted by molar-refractivity contribution is 5.95. The second-order valence-electron chi connectivity index (χ2n) is 2.98. The van der Waals surface area contributed by atoms with Crippen molar-refractivity contribution in [2.45, 2.75) is 6.92 Å². The molecule has 1 rings (SSSR count). The Bertz CT molecular complexity index is 371. The molecule has 1 aromatic carbocycles. The highest BCUT2D eigenvalue weighted by atomic mass is 16.5. The maximum atomic E-state index is 11.5. The molecular weight excluding hydrogens is 196 g/mol. The molecule has 0 radical (unpaired) electrons.